The van der Waals surface area contributed by atoms with Gasteiger partial charge in [-0.15, -0.1) is 11.3 Å². The number of carbonyl (C=O) groups excluding carboxylic acids is 1. The van der Waals surface area contributed by atoms with Crippen LogP contribution in [-0.2, 0) is 0 Å². The highest BCUT2D eigenvalue weighted by Crippen LogP contribution is 2.24. The molecule has 0 fully saturated rings. The molecular formula is C14H13BrN2O3S. The zero-order chi connectivity index (χ0) is 15.4. The van der Waals surface area contributed by atoms with Crippen LogP contribution in [0.15, 0.2) is 40.2 Å². The molecule has 0 spiro atoms. The Kier molecular flexibility index (Phi) is 4.98. The molecule has 1 atom stereocenters. The third kappa shape index (κ3) is 4.05. The first-order valence-corrected chi connectivity index (χ1v) is 7.78. The van der Waals surface area contributed by atoms with Gasteiger partial charge in [0, 0.05) is 9.35 Å². The molecule has 21 heavy (non-hydrogen) atoms. The van der Waals surface area contributed by atoms with Crippen molar-refractivity contribution in [2.75, 3.05) is 5.32 Å². The number of urea groups is 1. The van der Waals surface area contributed by atoms with E-state index in [0.29, 0.717) is 10.2 Å². The van der Waals surface area contributed by atoms with Crippen LogP contribution in [-0.4, -0.2) is 17.1 Å². The summed E-state index contributed by atoms with van der Waals surface area (Å²) in [5.41, 5.74) is 0.663. The smallest absolute Gasteiger partial charge is 0.335 e. The Morgan fingerprint density at radius 1 is 1.33 bits per heavy atom. The third-order valence-corrected chi connectivity index (χ3v) is 4.49. The van der Waals surface area contributed by atoms with Gasteiger partial charge in [0.05, 0.1) is 17.3 Å². The quantitative estimate of drug-likeness (QED) is 0.760. The predicted molar refractivity (Wildman–Crippen MR) is 86.0 cm³/mol. The van der Waals surface area contributed by atoms with E-state index in [1.165, 1.54) is 12.1 Å². The molecule has 110 valence electrons. The lowest BCUT2D eigenvalue weighted by atomic mass is 10.2. The third-order valence-electron chi connectivity index (χ3n) is 2.78. The fraction of sp³-hybridized carbons (Fsp3) is 0.143. The highest BCUT2D eigenvalue weighted by atomic mass is 79.9. The van der Waals surface area contributed by atoms with Gasteiger partial charge in [-0.2, -0.15) is 0 Å². The maximum atomic E-state index is 11.9. The average Bonchev–Trinajstić information content (AvgIpc) is 2.94. The fourth-order valence-corrected chi connectivity index (χ4v) is 2.93. The van der Waals surface area contributed by atoms with Crippen LogP contribution < -0.4 is 10.6 Å². The van der Waals surface area contributed by atoms with Gasteiger partial charge in [0.25, 0.3) is 0 Å². The van der Waals surface area contributed by atoms with E-state index in [-0.39, 0.29) is 17.6 Å². The minimum absolute atomic E-state index is 0.0953. The summed E-state index contributed by atoms with van der Waals surface area (Å²) in [6, 6.07) is 7.86. The number of hydrogen-bond acceptors (Lipinski definition) is 3. The number of amides is 2. The van der Waals surface area contributed by atoms with Crippen molar-refractivity contribution >= 4 is 45.0 Å². The van der Waals surface area contributed by atoms with Crippen LogP contribution in [0.1, 0.15) is 28.2 Å². The van der Waals surface area contributed by atoms with Gasteiger partial charge in [-0.3, -0.25) is 0 Å². The Morgan fingerprint density at radius 2 is 2.10 bits per heavy atom. The molecule has 2 aromatic rings. The van der Waals surface area contributed by atoms with Gasteiger partial charge in [-0.05, 0) is 52.5 Å². The summed E-state index contributed by atoms with van der Waals surface area (Å²) in [7, 11) is 0. The van der Waals surface area contributed by atoms with E-state index in [9.17, 15) is 9.59 Å². The second kappa shape index (κ2) is 6.73. The van der Waals surface area contributed by atoms with Crippen molar-refractivity contribution in [2.24, 2.45) is 0 Å². The molecule has 2 rings (SSSR count). The summed E-state index contributed by atoms with van der Waals surface area (Å²) in [5.74, 6) is -1.02. The molecule has 0 bridgehead atoms. The molecule has 0 aliphatic rings. The SMILES string of the molecule is CC(NC(=O)Nc1ccc(C(=O)O)cc1Br)c1cccs1. The van der Waals surface area contributed by atoms with Crippen molar-refractivity contribution in [3.63, 3.8) is 0 Å². The summed E-state index contributed by atoms with van der Waals surface area (Å²) >= 11 is 4.82. The molecule has 0 saturated heterocycles. The number of nitrogens with one attached hydrogen (secondary N) is 2. The highest BCUT2D eigenvalue weighted by molar-refractivity contribution is 9.10. The van der Waals surface area contributed by atoms with E-state index in [1.807, 2.05) is 24.4 Å². The highest BCUT2D eigenvalue weighted by Gasteiger charge is 2.12. The Bertz CT molecular complexity index is 658. The molecule has 0 saturated carbocycles. The summed E-state index contributed by atoms with van der Waals surface area (Å²) in [6.07, 6.45) is 0. The van der Waals surface area contributed by atoms with Crippen LogP contribution >= 0.6 is 27.3 Å². The second-order valence-corrected chi connectivity index (χ2v) is 6.17. The second-order valence-electron chi connectivity index (χ2n) is 4.34. The molecule has 1 unspecified atom stereocenters. The van der Waals surface area contributed by atoms with E-state index in [4.69, 9.17) is 5.11 Å². The normalized spacial score (nSPS) is 11.7. The van der Waals surface area contributed by atoms with Gasteiger partial charge in [0.15, 0.2) is 0 Å². The van der Waals surface area contributed by atoms with Crippen molar-refractivity contribution in [3.8, 4) is 0 Å². The van der Waals surface area contributed by atoms with Gasteiger partial charge < -0.3 is 15.7 Å². The van der Waals surface area contributed by atoms with Gasteiger partial charge in [-0.1, -0.05) is 6.07 Å². The molecule has 7 heteroatoms. The summed E-state index contributed by atoms with van der Waals surface area (Å²) in [5, 5.41) is 16.3. The molecule has 3 N–H and O–H groups in total. The predicted octanol–water partition coefficient (Wildman–Crippen LogP) is 4.09. The largest absolute Gasteiger partial charge is 0.478 e. The van der Waals surface area contributed by atoms with Gasteiger partial charge >= 0.3 is 12.0 Å². The zero-order valence-electron chi connectivity index (χ0n) is 11.1. The Balaban J connectivity index is 2.01. The maximum absolute atomic E-state index is 11.9. The molecule has 5 nitrogen and oxygen atoms in total. The van der Waals surface area contributed by atoms with Crippen molar-refractivity contribution in [1.29, 1.82) is 0 Å². The maximum Gasteiger partial charge on any atom is 0.335 e. The molecular weight excluding hydrogens is 356 g/mol. The molecule has 0 aliphatic carbocycles. The Hall–Kier alpha value is -1.86. The molecule has 1 aromatic carbocycles. The molecule has 2 amide bonds. The van der Waals surface area contributed by atoms with Gasteiger partial charge in [0.1, 0.15) is 0 Å². The zero-order valence-corrected chi connectivity index (χ0v) is 13.5. The standard InChI is InChI=1S/C14H13BrN2O3S/c1-8(12-3-2-6-21-12)16-14(20)17-11-5-4-9(13(18)19)7-10(11)15/h2-8H,1H3,(H,18,19)(H2,16,17,20). The molecule has 0 aliphatic heterocycles. The van der Waals surface area contributed by atoms with Gasteiger partial charge in [0.2, 0.25) is 0 Å². The first-order valence-electron chi connectivity index (χ1n) is 6.11. The van der Waals surface area contributed by atoms with Crippen LogP contribution in [0, 0.1) is 0 Å². The van der Waals surface area contributed by atoms with E-state index in [0.717, 1.165) is 4.88 Å². The minimum Gasteiger partial charge on any atom is -0.478 e. The first-order chi connectivity index (χ1) is 9.97. The minimum atomic E-state index is -1.02. The monoisotopic (exact) mass is 368 g/mol. The number of aromatic carboxylic acids is 1. The number of rotatable bonds is 4. The average molecular weight is 369 g/mol. The molecule has 0 radical (unpaired) electrons. The number of carbonyl (C=O) groups is 2. The number of anilines is 1. The fourth-order valence-electron chi connectivity index (χ4n) is 1.71. The van der Waals surface area contributed by atoms with E-state index in [2.05, 4.69) is 26.6 Å². The van der Waals surface area contributed by atoms with Crippen LogP contribution in [0.5, 0.6) is 0 Å². The van der Waals surface area contributed by atoms with Crippen LogP contribution in [0.4, 0.5) is 10.5 Å². The number of halogens is 1. The molecule has 1 heterocycles. The summed E-state index contributed by atoms with van der Waals surface area (Å²) in [6.45, 7) is 1.90. The van der Waals surface area contributed by atoms with Crippen LogP contribution in [0.25, 0.3) is 0 Å². The Labute approximate surface area is 134 Å². The van der Waals surface area contributed by atoms with E-state index < -0.39 is 5.97 Å². The first kappa shape index (κ1) is 15.5. The number of carboxylic acid groups (broad SMARTS) is 1. The lowest BCUT2D eigenvalue weighted by Crippen LogP contribution is -2.30. The van der Waals surface area contributed by atoms with Gasteiger partial charge in [-0.25, -0.2) is 9.59 Å². The van der Waals surface area contributed by atoms with Crippen molar-refractivity contribution in [2.45, 2.75) is 13.0 Å². The molecule has 1 aromatic heterocycles. The Morgan fingerprint density at radius 3 is 2.67 bits per heavy atom. The van der Waals surface area contributed by atoms with Crippen LogP contribution in [0.3, 0.4) is 0 Å². The summed E-state index contributed by atoms with van der Waals surface area (Å²) in [4.78, 5) is 23.8. The lowest BCUT2D eigenvalue weighted by Gasteiger charge is -2.14. The number of benzene rings is 1. The lowest BCUT2D eigenvalue weighted by molar-refractivity contribution is 0.0697. The summed E-state index contributed by atoms with van der Waals surface area (Å²) < 4.78 is 0.515. The van der Waals surface area contributed by atoms with E-state index in [1.54, 1.807) is 17.4 Å². The van der Waals surface area contributed by atoms with Crippen molar-refractivity contribution in [1.82, 2.24) is 5.32 Å². The number of hydrogen-bond donors (Lipinski definition) is 3. The van der Waals surface area contributed by atoms with Crippen molar-refractivity contribution < 1.29 is 14.7 Å². The number of carboxylic acids is 1. The number of thiophene rings is 1. The van der Waals surface area contributed by atoms with E-state index >= 15 is 0 Å². The van der Waals surface area contributed by atoms with Crippen molar-refractivity contribution in [3.05, 3.63) is 50.6 Å². The topological polar surface area (TPSA) is 78.4 Å². The van der Waals surface area contributed by atoms with Crippen LogP contribution in [0.2, 0.25) is 0 Å².